The Morgan fingerprint density at radius 1 is 0.971 bits per heavy atom. The zero-order chi connectivity index (χ0) is 24.1. The van der Waals surface area contributed by atoms with E-state index in [9.17, 15) is 14.4 Å². The molecule has 1 atom stereocenters. The molecule has 0 radical (unpaired) electrons. The van der Waals surface area contributed by atoms with E-state index in [0.717, 1.165) is 9.78 Å². The van der Waals surface area contributed by atoms with Crippen molar-refractivity contribution in [1.29, 1.82) is 0 Å². The minimum absolute atomic E-state index is 0.145. The number of urea groups is 1. The Morgan fingerprint density at radius 2 is 1.62 bits per heavy atom. The van der Waals surface area contributed by atoms with Gasteiger partial charge in [0.05, 0.1) is 26.3 Å². The van der Waals surface area contributed by atoms with Crippen LogP contribution in [0.1, 0.15) is 11.3 Å². The number of methoxy groups -OCH3 is 2. The third-order valence-corrected chi connectivity index (χ3v) is 6.52. The van der Waals surface area contributed by atoms with Crippen LogP contribution in [0.15, 0.2) is 66.0 Å². The predicted molar refractivity (Wildman–Crippen MR) is 131 cm³/mol. The highest BCUT2D eigenvalue weighted by Gasteiger charge is 2.46. The van der Waals surface area contributed by atoms with Crippen LogP contribution in [0.2, 0.25) is 0 Å². The third kappa shape index (κ3) is 5.04. The van der Waals surface area contributed by atoms with Gasteiger partial charge in [0.1, 0.15) is 17.5 Å². The molecule has 3 aromatic rings. The van der Waals surface area contributed by atoms with Gasteiger partial charge < -0.3 is 19.7 Å². The van der Waals surface area contributed by atoms with Crippen LogP contribution >= 0.6 is 11.3 Å². The molecule has 1 aliphatic heterocycles. The Kier molecular flexibility index (Phi) is 7.12. The Bertz CT molecular complexity index is 1150. The van der Waals surface area contributed by atoms with E-state index in [1.165, 1.54) is 4.90 Å². The van der Waals surface area contributed by atoms with Gasteiger partial charge in [0.15, 0.2) is 0 Å². The Labute approximate surface area is 201 Å². The second-order valence-electron chi connectivity index (χ2n) is 7.67. The number of carbonyl (C=O) groups is 3. The number of hydrogen-bond donors (Lipinski definition) is 1. The topological polar surface area (TPSA) is 88.2 Å². The lowest BCUT2D eigenvalue weighted by molar-refractivity contribution is -0.124. The molecule has 4 amide bonds. The molecule has 1 fully saturated rings. The summed E-state index contributed by atoms with van der Waals surface area (Å²) in [4.78, 5) is 43.2. The fourth-order valence-corrected chi connectivity index (χ4v) is 4.50. The molecule has 4 rings (SSSR count). The van der Waals surface area contributed by atoms with Crippen molar-refractivity contribution in [3.8, 4) is 11.5 Å². The zero-order valence-corrected chi connectivity index (χ0v) is 19.7. The number of hydrogen-bond acceptors (Lipinski definition) is 6. The van der Waals surface area contributed by atoms with Gasteiger partial charge in [0, 0.05) is 17.1 Å². The Morgan fingerprint density at radius 3 is 2.21 bits per heavy atom. The summed E-state index contributed by atoms with van der Waals surface area (Å²) in [5.41, 5.74) is 1.02. The molecule has 0 aliphatic carbocycles. The van der Waals surface area contributed by atoms with Crippen LogP contribution in [0.5, 0.6) is 11.5 Å². The molecule has 0 spiro atoms. The number of thiophene rings is 1. The molecule has 34 heavy (non-hydrogen) atoms. The minimum Gasteiger partial charge on any atom is -0.497 e. The molecule has 1 N–H and O–H groups in total. The lowest BCUT2D eigenvalue weighted by atomic mass is 10.1. The summed E-state index contributed by atoms with van der Waals surface area (Å²) in [5, 5.41) is 4.77. The van der Waals surface area contributed by atoms with Gasteiger partial charge in [0.2, 0.25) is 5.91 Å². The van der Waals surface area contributed by atoms with Crippen molar-refractivity contribution in [1.82, 2.24) is 4.90 Å². The fourth-order valence-electron chi connectivity index (χ4n) is 3.80. The van der Waals surface area contributed by atoms with Crippen molar-refractivity contribution in [3.05, 3.63) is 70.9 Å². The van der Waals surface area contributed by atoms with Crippen molar-refractivity contribution in [2.45, 2.75) is 18.9 Å². The van der Waals surface area contributed by atoms with E-state index < -0.39 is 18.0 Å². The van der Waals surface area contributed by atoms with Crippen LogP contribution in [0.25, 0.3) is 0 Å². The number of nitrogens with zero attached hydrogens (tertiary/aromatic N) is 2. The molecule has 8 nitrogen and oxygen atoms in total. The normalized spacial score (nSPS) is 15.5. The second-order valence-corrected chi connectivity index (χ2v) is 8.71. The number of rotatable bonds is 9. The quantitative estimate of drug-likeness (QED) is 0.466. The average molecular weight is 480 g/mol. The molecule has 0 saturated carbocycles. The number of nitrogens with one attached hydrogen (secondary N) is 1. The average Bonchev–Trinajstić information content (AvgIpc) is 3.45. The number of ether oxygens (including phenoxy) is 2. The van der Waals surface area contributed by atoms with Crippen LogP contribution in [-0.2, 0) is 16.0 Å². The molecule has 2 aromatic carbocycles. The van der Waals surface area contributed by atoms with E-state index in [0.29, 0.717) is 35.8 Å². The fraction of sp³-hybridized carbons (Fsp3) is 0.240. The molecular weight excluding hydrogens is 454 g/mol. The van der Waals surface area contributed by atoms with E-state index in [1.54, 1.807) is 74.1 Å². The van der Waals surface area contributed by atoms with Gasteiger partial charge in [-0.2, -0.15) is 0 Å². The maximum atomic E-state index is 13.4. The summed E-state index contributed by atoms with van der Waals surface area (Å²) in [6.07, 6.45) is 0.456. The first-order chi connectivity index (χ1) is 16.5. The van der Waals surface area contributed by atoms with Crippen molar-refractivity contribution in [3.63, 3.8) is 0 Å². The highest BCUT2D eigenvalue weighted by atomic mass is 32.1. The lowest BCUT2D eigenvalue weighted by Crippen LogP contribution is -2.39. The van der Waals surface area contributed by atoms with Crippen LogP contribution < -0.4 is 19.7 Å². The first-order valence-corrected chi connectivity index (χ1v) is 11.6. The number of imide groups is 1. The van der Waals surface area contributed by atoms with Gasteiger partial charge in [-0.1, -0.05) is 6.07 Å². The second kappa shape index (κ2) is 10.4. The van der Waals surface area contributed by atoms with Crippen LogP contribution in [0.4, 0.5) is 16.2 Å². The molecule has 1 aromatic heterocycles. The third-order valence-electron chi connectivity index (χ3n) is 5.58. The van der Waals surface area contributed by atoms with E-state index >= 15 is 0 Å². The van der Waals surface area contributed by atoms with Gasteiger partial charge in [-0.05, 0) is 66.4 Å². The van der Waals surface area contributed by atoms with Crippen molar-refractivity contribution < 1.29 is 23.9 Å². The summed E-state index contributed by atoms with van der Waals surface area (Å²) in [7, 11) is 3.11. The maximum absolute atomic E-state index is 13.4. The zero-order valence-electron chi connectivity index (χ0n) is 18.9. The number of amides is 4. The van der Waals surface area contributed by atoms with Crippen LogP contribution in [0.3, 0.4) is 0 Å². The molecule has 9 heteroatoms. The first kappa shape index (κ1) is 23.3. The Balaban J connectivity index is 1.53. The summed E-state index contributed by atoms with van der Waals surface area (Å²) in [6, 6.07) is 16.2. The molecular formula is C25H25N3O5S. The highest BCUT2D eigenvalue weighted by Crippen LogP contribution is 2.29. The molecule has 0 bridgehead atoms. The summed E-state index contributed by atoms with van der Waals surface area (Å²) < 4.78 is 10.3. The summed E-state index contributed by atoms with van der Waals surface area (Å²) in [5.74, 6) is 0.512. The number of anilines is 2. The molecule has 0 unspecified atom stereocenters. The van der Waals surface area contributed by atoms with Crippen molar-refractivity contribution in [2.24, 2.45) is 0 Å². The largest absolute Gasteiger partial charge is 0.497 e. The first-order valence-electron chi connectivity index (χ1n) is 10.7. The Hall–Kier alpha value is -3.85. The summed E-state index contributed by atoms with van der Waals surface area (Å²) >= 11 is 1.59. The van der Waals surface area contributed by atoms with E-state index in [1.807, 2.05) is 17.5 Å². The summed E-state index contributed by atoms with van der Waals surface area (Å²) in [6.45, 7) is 0.332. The van der Waals surface area contributed by atoms with Crippen molar-refractivity contribution in [2.75, 3.05) is 31.0 Å². The lowest BCUT2D eigenvalue weighted by Gasteiger charge is -2.21. The highest BCUT2D eigenvalue weighted by molar-refractivity contribution is 7.09. The maximum Gasteiger partial charge on any atom is 0.332 e. The van der Waals surface area contributed by atoms with Gasteiger partial charge in [0.25, 0.3) is 5.91 Å². The van der Waals surface area contributed by atoms with Gasteiger partial charge in [-0.3, -0.25) is 9.59 Å². The number of carbonyl (C=O) groups excluding carboxylic acids is 3. The molecule has 1 aliphatic rings. The predicted octanol–water partition coefficient (Wildman–Crippen LogP) is 4.17. The monoisotopic (exact) mass is 479 g/mol. The standard InChI is InChI=1S/C25H25N3O5S/c1-32-19-9-5-17(6-10-19)26-23(29)16-22-24(30)28(18-7-11-20(33-2)12-8-18)25(31)27(22)14-13-21-4-3-15-34-21/h3-12,15,22H,13-14,16H2,1-2H3,(H,26,29)/t22-/m1/s1. The smallest absolute Gasteiger partial charge is 0.332 e. The molecule has 2 heterocycles. The molecule has 1 saturated heterocycles. The van der Waals surface area contributed by atoms with Gasteiger partial charge in [-0.15, -0.1) is 11.3 Å². The van der Waals surface area contributed by atoms with E-state index in [-0.39, 0.29) is 12.3 Å². The van der Waals surface area contributed by atoms with Crippen LogP contribution in [-0.4, -0.2) is 49.6 Å². The van der Waals surface area contributed by atoms with Crippen LogP contribution in [0, 0.1) is 0 Å². The SMILES string of the molecule is COc1ccc(NC(=O)C[C@@H]2C(=O)N(c3ccc(OC)cc3)C(=O)N2CCc2cccs2)cc1. The van der Waals surface area contributed by atoms with Crippen molar-refractivity contribution >= 4 is 40.6 Å². The van der Waals surface area contributed by atoms with E-state index in [2.05, 4.69) is 5.32 Å². The van der Waals surface area contributed by atoms with Gasteiger partial charge in [-0.25, -0.2) is 9.69 Å². The molecule has 176 valence electrons. The van der Waals surface area contributed by atoms with E-state index in [4.69, 9.17) is 9.47 Å². The minimum atomic E-state index is -0.896. The van der Waals surface area contributed by atoms with Gasteiger partial charge >= 0.3 is 6.03 Å². The number of benzene rings is 2.